The molecule has 2 atom stereocenters. The monoisotopic (exact) mass is 427 g/mol. The molecule has 3 rings (SSSR count). The summed E-state index contributed by atoms with van der Waals surface area (Å²) in [6.07, 6.45) is 0.919. The van der Waals surface area contributed by atoms with Crippen molar-refractivity contribution in [2.75, 3.05) is 0 Å². The van der Waals surface area contributed by atoms with E-state index in [2.05, 4.69) is 49.3 Å². The normalized spacial score (nSPS) is 20.1. The van der Waals surface area contributed by atoms with Gasteiger partial charge in [-0.25, -0.2) is 0 Å². The zero-order chi connectivity index (χ0) is 15.0. The van der Waals surface area contributed by atoms with Crippen LogP contribution in [-0.4, -0.2) is 10.7 Å². The molecular formula is C16H12Br2ClNO. The van der Waals surface area contributed by atoms with Gasteiger partial charge in [-0.15, -0.1) is 0 Å². The van der Waals surface area contributed by atoms with Crippen molar-refractivity contribution in [2.24, 2.45) is 0 Å². The zero-order valence-corrected chi connectivity index (χ0v) is 14.9. The number of hydrogen-bond acceptors (Lipinski definition) is 1. The van der Waals surface area contributed by atoms with Gasteiger partial charge in [0.05, 0.1) is 11.1 Å². The molecular weight excluding hydrogens is 417 g/mol. The standard InChI is InChI=1S/C16H12Br2ClNO/c17-12-6-5-10(8-14(12)19)16(21)20-15-11-4-2-1-3-9(11)7-13(15)18/h1-6,8,13,15H,7H2,(H,20,21). The van der Waals surface area contributed by atoms with E-state index in [9.17, 15) is 4.79 Å². The number of fused-ring (bicyclic) bond motifs is 1. The smallest absolute Gasteiger partial charge is 0.251 e. The molecule has 0 aromatic heterocycles. The Bertz CT molecular complexity index is 704. The van der Waals surface area contributed by atoms with Crippen LogP contribution in [0.1, 0.15) is 27.5 Å². The van der Waals surface area contributed by atoms with Crippen molar-refractivity contribution < 1.29 is 4.79 Å². The van der Waals surface area contributed by atoms with Crippen molar-refractivity contribution in [3.63, 3.8) is 0 Å². The molecule has 21 heavy (non-hydrogen) atoms. The van der Waals surface area contributed by atoms with Crippen LogP contribution in [0.2, 0.25) is 5.02 Å². The topological polar surface area (TPSA) is 29.1 Å². The average Bonchev–Trinajstić information content (AvgIpc) is 2.78. The van der Waals surface area contributed by atoms with Crippen LogP contribution in [0.15, 0.2) is 46.9 Å². The number of hydrogen-bond donors (Lipinski definition) is 1. The van der Waals surface area contributed by atoms with Gasteiger partial charge in [0.2, 0.25) is 0 Å². The summed E-state index contributed by atoms with van der Waals surface area (Å²) in [5, 5.41) is 3.62. The number of alkyl halides is 1. The first-order valence-electron chi connectivity index (χ1n) is 6.54. The van der Waals surface area contributed by atoms with Crippen LogP contribution in [-0.2, 0) is 6.42 Å². The number of carbonyl (C=O) groups is 1. The quantitative estimate of drug-likeness (QED) is 0.677. The highest BCUT2D eigenvalue weighted by molar-refractivity contribution is 9.10. The maximum Gasteiger partial charge on any atom is 0.251 e. The lowest BCUT2D eigenvalue weighted by Crippen LogP contribution is -2.31. The van der Waals surface area contributed by atoms with E-state index >= 15 is 0 Å². The summed E-state index contributed by atoms with van der Waals surface area (Å²) >= 11 is 13.0. The summed E-state index contributed by atoms with van der Waals surface area (Å²) in [7, 11) is 0. The number of benzene rings is 2. The van der Waals surface area contributed by atoms with Gasteiger partial charge < -0.3 is 5.32 Å². The van der Waals surface area contributed by atoms with Crippen LogP contribution in [0.5, 0.6) is 0 Å². The lowest BCUT2D eigenvalue weighted by Gasteiger charge is -2.18. The second-order valence-corrected chi connectivity index (χ2v) is 7.44. The number of rotatable bonds is 2. The van der Waals surface area contributed by atoms with Crippen molar-refractivity contribution in [2.45, 2.75) is 17.3 Å². The molecule has 108 valence electrons. The van der Waals surface area contributed by atoms with Crippen molar-refractivity contribution >= 4 is 49.4 Å². The van der Waals surface area contributed by atoms with Gasteiger partial charge in [-0.1, -0.05) is 51.8 Å². The van der Waals surface area contributed by atoms with Gasteiger partial charge in [0.15, 0.2) is 0 Å². The van der Waals surface area contributed by atoms with Crippen LogP contribution < -0.4 is 5.32 Å². The highest BCUT2D eigenvalue weighted by Gasteiger charge is 2.31. The fourth-order valence-electron chi connectivity index (χ4n) is 2.58. The van der Waals surface area contributed by atoms with E-state index in [-0.39, 0.29) is 16.8 Å². The van der Waals surface area contributed by atoms with Gasteiger partial charge in [-0.3, -0.25) is 4.79 Å². The number of carbonyl (C=O) groups excluding carboxylic acids is 1. The van der Waals surface area contributed by atoms with E-state index in [1.54, 1.807) is 18.2 Å². The van der Waals surface area contributed by atoms with Gasteiger partial charge in [-0.2, -0.15) is 0 Å². The fraction of sp³-hybridized carbons (Fsp3) is 0.188. The average molecular weight is 430 g/mol. The Kier molecular flexibility index (Phi) is 4.38. The first-order valence-corrected chi connectivity index (χ1v) is 8.62. The number of nitrogens with one attached hydrogen (secondary N) is 1. The SMILES string of the molecule is O=C(NC1c2ccccc2CC1Br)c1ccc(Br)c(Cl)c1. The van der Waals surface area contributed by atoms with Crippen LogP contribution in [0.3, 0.4) is 0 Å². The molecule has 0 spiro atoms. The summed E-state index contributed by atoms with van der Waals surface area (Å²) < 4.78 is 0.783. The molecule has 2 unspecified atom stereocenters. The predicted molar refractivity (Wildman–Crippen MR) is 92.2 cm³/mol. The molecule has 1 aliphatic carbocycles. The van der Waals surface area contributed by atoms with E-state index in [4.69, 9.17) is 11.6 Å². The fourth-order valence-corrected chi connectivity index (χ4v) is 3.77. The molecule has 2 aromatic carbocycles. The Labute approximate surface area is 145 Å². The number of amides is 1. The Morgan fingerprint density at radius 2 is 2.00 bits per heavy atom. The minimum Gasteiger partial charge on any atom is -0.344 e. The Morgan fingerprint density at radius 3 is 2.76 bits per heavy atom. The van der Waals surface area contributed by atoms with E-state index in [1.807, 2.05) is 12.1 Å². The van der Waals surface area contributed by atoms with Crippen molar-refractivity contribution in [1.82, 2.24) is 5.32 Å². The Hall–Kier alpha value is -0.840. The second-order valence-electron chi connectivity index (χ2n) is 5.00. The molecule has 2 aromatic rings. The first kappa shape index (κ1) is 15.1. The molecule has 0 saturated heterocycles. The lowest BCUT2D eigenvalue weighted by atomic mass is 10.1. The van der Waals surface area contributed by atoms with Crippen LogP contribution in [0.25, 0.3) is 0 Å². The van der Waals surface area contributed by atoms with Crippen molar-refractivity contribution in [3.8, 4) is 0 Å². The molecule has 1 amide bonds. The van der Waals surface area contributed by atoms with Crippen LogP contribution in [0, 0.1) is 0 Å². The van der Waals surface area contributed by atoms with Gasteiger partial charge in [-0.05, 0) is 51.7 Å². The van der Waals surface area contributed by atoms with Gasteiger partial charge in [0.25, 0.3) is 5.91 Å². The summed E-state index contributed by atoms with van der Waals surface area (Å²) in [5.74, 6) is -0.115. The summed E-state index contributed by atoms with van der Waals surface area (Å²) in [6.45, 7) is 0. The maximum atomic E-state index is 12.4. The Morgan fingerprint density at radius 1 is 1.24 bits per heavy atom. The molecule has 2 nitrogen and oxygen atoms in total. The Balaban J connectivity index is 1.83. The molecule has 1 N–H and O–H groups in total. The summed E-state index contributed by atoms with van der Waals surface area (Å²) in [4.78, 5) is 12.6. The summed E-state index contributed by atoms with van der Waals surface area (Å²) in [5.41, 5.74) is 3.02. The van der Waals surface area contributed by atoms with Gasteiger partial charge >= 0.3 is 0 Å². The first-order chi connectivity index (χ1) is 10.1. The van der Waals surface area contributed by atoms with Crippen LogP contribution in [0.4, 0.5) is 0 Å². The van der Waals surface area contributed by atoms with Crippen molar-refractivity contribution in [1.29, 1.82) is 0 Å². The lowest BCUT2D eigenvalue weighted by molar-refractivity contribution is 0.0938. The van der Waals surface area contributed by atoms with E-state index in [0.29, 0.717) is 10.6 Å². The molecule has 5 heteroatoms. The largest absolute Gasteiger partial charge is 0.344 e. The third-order valence-corrected chi connectivity index (χ3v) is 5.72. The molecule has 0 aliphatic heterocycles. The molecule has 0 fully saturated rings. The molecule has 0 saturated carbocycles. The third kappa shape index (κ3) is 3.03. The molecule has 1 aliphatic rings. The number of halogens is 3. The zero-order valence-electron chi connectivity index (χ0n) is 10.9. The summed E-state index contributed by atoms with van der Waals surface area (Å²) in [6, 6.07) is 13.4. The second kappa shape index (κ2) is 6.11. The van der Waals surface area contributed by atoms with Gasteiger partial charge in [0.1, 0.15) is 0 Å². The van der Waals surface area contributed by atoms with Gasteiger partial charge in [0, 0.05) is 14.9 Å². The maximum absolute atomic E-state index is 12.4. The minimum atomic E-state index is -0.115. The molecule has 0 heterocycles. The third-order valence-electron chi connectivity index (χ3n) is 3.64. The molecule has 0 bridgehead atoms. The highest BCUT2D eigenvalue weighted by Crippen LogP contribution is 2.36. The minimum absolute atomic E-state index is 0.0175. The molecule has 0 radical (unpaired) electrons. The predicted octanol–water partition coefficient (Wildman–Crippen LogP) is 4.89. The van der Waals surface area contributed by atoms with Crippen molar-refractivity contribution in [3.05, 3.63) is 68.7 Å². The van der Waals surface area contributed by atoms with E-state index in [0.717, 1.165) is 10.9 Å². The highest BCUT2D eigenvalue weighted by atomic mass is 79.9. The van der Waals surface area contributed by atoms with E-state index in [1.165, 1.54) is 11.1 Å². The van der Waals surface area contributed by atoms with E-state index < -0.39 is 0 Å². The van der Waals surface area contributed by atoms with Crippen LogP contribution >= 0.6 is 43.5 Å².